The summed E-state index contributed by atoms with van der Waals surface area (Å²) in [6.07, 6.45) is 1.24. The first-order valence-electron chi connectivity index (χ1n) is 9.76. The Hall–Kier alpha value is -2.93. The van der Waals surface area contributed by atoms with Crippen LogP contribution in [-0.2, 0) is 0 Å². The van der Waals surface area contributed by atoms with Crippen molar-refractivity contribution in [3.63, 3.8) is 0 Å². The van der Waals surface area contributed by atoms with E-state index in [1.165, 1.54) is 18.2 Å². The van der Waals surface area contributed by atoms with Gasteiger partial charge in [0, 0.05) is 37.0 Å². The number of nitrogens with zero attached hydrogens (tertiary/aromatic N) is 2. The molecule has 0 N–H and O–H groups in total. The van der Waals surface area contributed by atoms with E-state index in [-0.39, 0.29) is 28.5 Å². The van der Waals surface area contributed by atoms with E-state index in [9.17, 15) is 19.7 Å². The highest BCUT2D eigenvalue weighted by atomic mass is 35.5. The van der Waals surface area contributed by atoms with Gasteiger partial charge in [-0.2, -0.15) is 0 Å². The maximum Gasteiger partial charge on any atom is 0.283 e. The molecule has 1 fully saturated rings. The van der Waals surface area contributed by atoms with Gasteiger partial charge in [0.05, 0.1) is 16.9 Å². The molecule has 1 amide bonds. The molecule has 0 saturated carbocycles. The fraction of sp³-hybridized carbons (Fsp3) is 0.364. The van der Waals surface area contributed by atoms with E-state index >= 15 is 0 Å². The van der Waals surface area contributed by atoms with Crippen molar-refractivity contribution < 1.29 is 19.2 Å². The summed E-state index contributed by atoms with van der Waals surface area (Å²) in [4.78, 5) is 38.0. The Balaban J connectivity index is 1.55. The van der Waals surface area contributed by atoms with Crippen LogP contribution in [0, 0.1) is 24.0 Å². The molecule has 0 aromatic heterocycles. The predicted molar refractivity (Wildman–Crippen MR) is 111 cm³/mol. The lowest BCUT2D eigenvalue weighted by molar-refractivity contribution is -0.385. The second-order valence-corrected chi connectivity index (χ2v) is 8.42. The number of aryl methyl sites for hydroxylation is 1. The average molecular weight is 429 g/mol. The third-order valence-corrected chi connectivity index (χ3v) is 6.36. The van der Waals surface area contributed by atoms with Crippen molar-refractivity contribution in [3.8, 4) is 5.75 Å². The Morgan fingerprint density at radius 1 is 1.20 bits per heavy atom. The highest BCUT2D eigenvalue weighted by Gasteiger charge is 2.44. The maximum atomic E-state index is 12.9. The average Bonchev–Trinajstić information content (AvgIpc) is 2.71. The van der Waals surface area contributed by atoms with E-state index in [0.29, 0.717) is 37.2 Å². The number of nitro benzene ring substituents is 1. The minimum absolute atomic E-state index is 0.0119. The Kier molecular flexibility index (Phi) is 5.02. The molecule has 2 aromatic rings. The quantitative estimate of drug-likeness (QED) is 0.518. The SMILES string of the molecule is Cc1ccc2c(c1C)OC1(CCN(C(=O)c3ccc(Cl)cc3[N+](=O)[O-])CC1)CC2=O. The van der Waals surface area contributed by atoms with Crippen molar-refractivity contribution in [1.82, 2.24) is 4.90 Å². The third-order valence-electron chi connectivity index (χ3n) is 6.13. The molecule has 0 bridgehead atoms. The Bertz CT molecular complexity index is 1070. The number of ketones is 1. The molecule has 0 radical (unpaired) electrons. The van der Waals surface area contributed by atoms with Gasteiger partial charge in [0.1, 0.15) is 16.9 Å². The van der Waals surface area contributed by atoms with Crippen LogP contribution in [0.3, 0.4) is 0 Å². The second kappa shape index (κ2) is 7.40. The summed E-state index contributed by atoms with van der Waals surface area (Å²) in [6.45, 7) is 4.63. The van der Waals surface area contributed by atoms with Crippen LogP contribution in [0.2, 0.25) is 5.02 Å². The first-order chi connectivity index (χ1) is 14.2. The minimum atomic E-state index is -0.647. The zero-order valence-corrected chi connectivity index (χ0v) is 17.5. The number of piperidine rings is 1. The van der Waals surface area contributed by atoms with Gasteiger partial charge in [0.25, 0.3) is 11.6 Å². The fourth-order valence-corrected chi connectivity index (χ4v) is 4.35. The van der Waals surface area contributed by atoms with Gasteiger partial charge in [-0.25, -0.2) is 0 Å². The number of benzene rings is 2. The molecule has 4 rings (SSSR count). The number of rotatable bonds is 2. The molecule has 30 heavy (non-hydrogen) atoms. The summed E-state index contributed by atoms with van der Waals surface area (Å²) in [7, 11) is 0. The van der Waals surface area contributed by atoms with Crippen LogP contribution in [0.5, 0.6) is 5.75 Å². The van der Waals surface area contributed by atoms with Crippen LogP contribution >= 0.6 is 11.6 Å². The predicted octanol–water partition coefficient (Wildman–Crippen LogP) is 4.51. The summed E-state index contributed by atoms with van der Waals surface area (Å²) in [5.74, 6) is 0.273. The summed E-state index contributed by atoms with van der Waals surface area (Å²) in [6, 6.07) is 7.78. The van der Waals surface area contributed by atoms with E-state index in [0.717, 1.165) is 11.1 Å². The molecule has 156 valence electrons. The van der Waals surface area contributed by atoms with Gasteiger partial charge in [-0.3, -0.25) is 19.7 Å². The molecule has 7 nitrogen and oxygen atoms in total. The summed E-state index contributed by atoms with van der Waals surface area (Å²) < 4.78 is 6.37. The monoisotopic (exact) mass is 428 g/mol. The number of ether oxygens (including phenoxy) is 1. The first-order valence-corrected chi connectivity index (χ1v) is 10.1. The summed E-state index contributed by atoms with van der Waals surface area (Å²) >= 11 is 5.85. The number of nitro groups is 1. The van der Waals surface area contributed by atoms with Gasteiger partial charge in [-0.05, 0) is 43.2 Å². The van der Waals surface area contributed by atoms with Crippen LogP contribution in [0.25, 0.3) is 0 Å². The molecule has 2 heterocycles. The van der Waals surface area contributed by atoms with E-state index in [1.807, 2.05) is 26.0 Å². The molecule has 0 aliphatic carbocycles. The molecular formula is C22H21ClN2O5. The minimum Gasteiger partial charge on any atom is -0.486 e. The van der Waals surface area contributed by atoms with E-state index in [2.05, 4.69) is 0 Å². The molecular weight excluding hydrogens is 408 g/mol. The number of fused-ring (bicyclic) bond motifs is 1. The largest absolute Gasteiger partial charge is 0.486 e. The molecule has 1 spiro atoms. The van der Waals surface area contributed by atoms with Crippen LogP contribution < -0.4 is 4.74 Å². The van der Waals surface area contributed by atoms with Gasteiger partial charge >= 0.3 is 0 Å². The standard InChI is InChI=1S/C22H21ClN2O5/c1-13-3-5-17-19(26)12-22(30-20(17)14(13)2)7-9-24(10-8-22)21(27)16-6-4-15(23)11-18(16)25(28)29/h3-6,11H,7-10,12H2,1-2H3. The number of Topliss-reactive ketones (excluding diaryl/α,β-unsaturated/α-hetero) is 1. The molecule has 2 aromatic carbocycles. The zero-order chi connectivity index (χ0) is 21.6. The number of carbonyl (C=O) groups excluding carboxylic acids is 2. The zero-order valence-electron chi connectivity index (χ0n) is 16.7. The van der Waals surface area contributed by atoms with Gasteiger partial charge in [-0.1, -0.05) is 17.7 Å². The molecule has 0 atom stereocenters. The number of halogens is 1. The lowest BCUT2D eigenvalue weighted by atomic mass is 9.81. The van der Waals surface area contributed by atoms with Crippen LogP contribution in [0.15, 0.2) is 30.3 Å². The molecule has 1 saturated heterocycles. The normalized spacial score (nSPS) is 17.4. The van der Waals surface area contributed by atoms with Crippen molar-refractivity contribution in [2.75, 3.05) is 13.1 Å². The Morgan fingerprint density at radius 3 is 2.57 bits per heavy atom. The first kappa shape index (κ1) is 20.3. The Labute approximate surface area is 178 Å². The van der Waals surface area contributed by atoms with Crippen molar-refractivity contribution in [2.24, 2.45) is 0 Å². The topological polar surface area (TPSA) is 89.8 Å². The number of amides is 1. The fourth-order valence-electron chi connectivity index (χ4n) is 4.18. The lowest BCUT2D eigenvalue weighted by Crippen LogP contribution is -2.52. The molecule has 0 unspecified atom stereocenters. The number of carbonyl (C=O) groups is 2. The van der Waals surface area contributed by atoms with Crippen molar-refractivity contribution in [3.05, 3.63) is 67.7 Å². The second-order valence-electron chi connectivity index (χ2n) is 7.98. The van der Waals surface area contributed by atoms with E-state index in [4.69, 9.17) is 16.3 Å². The maximum absolute atomic E-state index is 12.9. The molecule has 8 heteroatoms. The van der Waals surface area contributed by atoms with E-state index in [1.54, 1.807) is 4.90 Å². The van der Waals surface area contributed by atoms with Gasteiger partial charge in [0.2, 0.25) is 0 Å². The molecule has 2 aliphatic rings. The van der Waals surface area contributed by atoms with Crippen LogP contribution in [0.1, 0.15) is 51.1 Å². The smallest absolute Gasteiger partial charge is 0.283 e. The van der Waals surface area contributed by atoms with Crippen LogP contribution in [-0.4, -0.2) is 40.2 Å². The van der Waals surface area contributed by atoms with Crippen molar-refractivity contribution in [2.45, 2.75) is 38.7 Å². The number of hydrogen-bond acceptors (Lipinski definition) is 5. The summed E-state index contributed by atoms with van der Waals surface area (Å²) in [5, 5.41) is 11.5. The highest BCUT2D eigenvalue weighted by molar-refractivity contribution is 6.31. The third kappa shape index (κ3) is 3.43. The lowest BCUT2D eigenvalue weighted by Gasteiger charge is -2.44. The number of likely N-dealkylation sites (tertiary alicyclic amines) is 1. The highest BCUT2D eigenvalue weighted by Crippen LogP contribution is 2.42. The molecule has 2 aliphatic heterocycles. The summed E-state index contributed by atoms with van der Waals surface area (Å²) in [5.41, 5.74) is 1.68. The van der Waals surface area contributed by atoms with Gasteiger partial charge in [0.15, 0.2) is 5.78 Å². The Morgan fingerprint density at radius 2 is 1.90 bits per heavy atom. The number of hydrogen-bond donors (Lipinski definition) is 0. The van der Waals surface area contributed by atoms with Crippen molar-refractivity contribution >= 4 is 29.0 Å². The van der Waals surface area contributed by atoms with Gasteiger partial charge < -0.3 is 9.64 Å². The van der Waals surface area contributed by atoms with Gasteiger partial charge in [-0.15, -0.1) is 0 Å². The van der Waals surface area contributed by atoms with Crippen molar-refractivity contribution in [1.29, 1.82) is 0 Å². The van der Waals surface area contributed by atoms with Crippen LogP contribution in [0.4, 0.5) is 5.69 Å². The van der Waals surface area contributed by atoms with E-state index < -0.39 is 16.4 Å².